The molecule has 138 valence electrons. The number of carbonyl (C=O) groups excluding carboxylic acids is 2. The van der Waals surface area contributed by atoms with Gasteiger partial charge in [0.25, 0.3) is 5.91 Å². The van der Waals surface area contributed by atoms with Crippen molar-refractivity contribution < 1.29 is 9.59 Å². The molecule has 0 aliphatic rings. The molecule has 0 unspecified atom stereocenters. The number of hydrogen-bond acceptors (Lipinski definition) is 3. The van der Waals surface area contributed by atoms with E-state index >= 15 is 0 Å². The Morgan fingerprint density at radius 1 is 0.929 bits per heavy atom. The van der Waals surface area contributed by atoms with Gasteiger partial charge in [-0.3, -0.25) is 14.7 Å². The second-order valence-electron chi connectivity index (χ2n) is 6.43. The molecular weight excluding hydrogens is 374 g/mol. The van der Waals surface area contributed by atoms with E-state index in [-0.39, 0.29) is 11.7 Å². The van der Waals surface area contributed by atoms with Crippen LogP contribution in [0.25, 0.3) is 22.0 Å². The Morgan fingerprint density at radius 3 is 2.39 bits per heavy atom. The minimum atomic E-state index is -0.278. The number of carbonyl (C=O) groups is 2. The highest BCUT2D eigenvalue weighted by molar-refractivity contribution is 6.31. The highest BCUT2D eigenvalue weighted by Gasteiger charge is 2.12. The van der Waals surface area contributed by atoms with Crippen molar-refractivity contribution in [3.05, 3.63) is 82.9 Å². The first-order valence-corrected chi connectivity index (χ1v) is 9.05. The average molecular weight is 390 g/mol. The predicted octanol–water partition coefficient (Wildman–Crippen LogP) is 5.34. The van der Waals surface area contributed by atoms with Crippen LogP contribution in [0.1, 0.15) is 27.6 Å². The van der Waals surface area contributed by atoms with Gasteiger partial charge in [0.2, 0.25) is 0 Å². The molecule has 1 heterocycles. The third-order valence-electron chi connectivity index (χ3n) is 4.51. The highest BCUT2D eigenvalue weighted by Crippen LogP contribution is 2.27. The number of benzene rings is 3. The Labute approximate surface area is 166 Å². The first-order valence-electron chi connectivity index (χ1n) is 8.68. The molecule has 28 heavy (non-hydrogen) atoms. The van der Waals surface area contributed by atoms with Gasteiger partial charge in [-0.15, -0.1) is 0 Å². The quantitative estimate of drug-likeness (QED) is 0.463. The third kappa shape index (κ3) is 3.52. The van der Waals surface area contributed by atoms with E-state index in [0.717, 1.165) is 22.0 Å². The Kier molecular flexibility index (Phi) is 4.67. The van der Waals surface area contributed by atoms with Crippen LogP contribution in [0.4, 0.5) is 5.82 Å². The predicted molar refractivity (Wildman–Crippen MR) is 111 cm³/mol. The Balaban J connectivity index is 1.61. The SMILES string of the molecule is CC(=O)c1ccc(-c2ccc3c(NC(=O)c4cccc(Cl)c4)n[nH]c3c2)cc1. The van der Waals surface area contributed by atoms with Crippen molar-refractivity contribution in [2.75, 3.05) is 5.32 Å². The molecule has 1 amide bonds. The normalized spacial score (nSPS) is 10.8. The van der Waals surface area contributed by atoms with Crippen LogP contribution in [0.5, 0.6) is 0 Å². The second-order valence-corrected chi connectivity index (χ2v) is 6.87. The third-order valence-corrected chi connectivity index (χ3v) is 4.74. The van der Waals surface area contributed by atoms with E-state index in [2.05, 4.69) is 15.5 Å². The lowest BCUT2D eigenvalue weighted by atomic mass is 10.0. The molecule has 2 N–H and O–H groups in total. The lowest BCUT2D eigenvalue weighted by Gasteiger charge is -2.05. The van der Waals surface area contributed by atoms with Crippen LogP contribution in [0.2, 0.25) is 5.02 Å². The summed E-state index contributed by atoms with van der Waals surface area (Å²) in [6.45, 7) is 1.55. The minimum Gasteiger partial charge on any atom is -0.305 e. The van der Waals surface area contributed by atoms with Gasteiger partial charge in [0, 0.05) is 21.5 Å². The maximum Gasteiger partial charge on any atom is 0.256 e. The van der Waals surface area contributed by atoms with E-state index in [9.17, 15) is 9.59 Å². The van der Waals surface area contributed by atoms with Crippen molar-refractivity contribution in [1.82, 2.24) is 10.2 Å². The van der Waals surface area contributed by atoms with Crippen molar-refractivity contribution in [3.63, 3.8) is 0 Å². The van der Waals surface area contributed by atoms with Crippen LogP contribution >= 0.6 is 11.6 Å². The molecule has 0 aliphatic carbocycles. The molecule has 0 aliphatic heterocycles. The monoisotopic (exact) mass is 389 g/mol. The first kappa shape index (κ1) is 17.9. The number of anilines is 1. The molecule has 3 aromatic carbocycles. The van der Waals surface area contributed by atoms with Crippen LogP contribution in [0.15, 0.2) is 66.7 Å². The van der Waals surface area contributed by atoms with Crippen LogP contribution < -0.4 is 5.32 Å². The molecule has 0 spiro atoms. The maximum atomic E-state index is 12.4. The summed E-state index contributed by atoms with van der Waals surface area (Å²) in [4.78, 5) is 23.9. The zero-order valence-electron chi connectivity index (χ0n) is 15.0. The van der Waals surface area contributed by atoms with Crippen molar-refractivity contribution in [1.29, 1.82) is 0 Å². The van der Waals surface area contributed by atoms with Crippen molar-refractivity contribution in [2.24, 2.45) is 0 Å². The van der Waals surface area contributed by atoms with Gasteiger partial charge in [0.05, 0.1) is 5.52 Å². The van der Waals surface area contributed by atoms with Gasteiger partial charge >= 0.3 is 0 Å². The molecule has 0 atom stereocenters. The van der Waals surface area contributed by atoms with Gasteiger partial charge in [0.1, 0.15) is 0 Å². The van der Waals surface area contributed by atoms with E-state index in [1.165, 1.54) is 0 Å². The molecule has 0 saturated carbocycles. The number of fused-ring (bicyclic) bond motifs is 1. The number of H-pyrrole nitrogens is 1. The van der Waals surface area contributed by atoms with E-state index < -0.39 is 0 Å². The summed E-state index contributed by atoms with van der Waals surface area (Å²) in [6.07, 6.45) is 0. The minimum absolute atomic E-state index is 0.0376. The standard InChI is InChI=1S/C22H16ClN3O2/c1-13(27)14-5-7-15(8-6-14)16-9-10-19-20(12-16)25-26-21(19)24-22(28)17-3-2-4-18(23)11-17/h2-12H,1H3,(H2,24,25,26,28). The number of aromatic amines is 1. The summed E-state index contributed by atoms with van der Waals surface area (Å²) in [5.41, 5.74) is 3.92. The number of hydrogen-bond donors (Lipinski definition) is 2. The molecule has 4 rings (SSSR count). The van der Waals surface area contributed by atoms with Gasteiger partial charge in [-0.05, 0) is 48.4 Å². The van der Waals surface area contributed by atoms with Gasteiger partial charge < -0.3 is 5.32 Å². The number of Topliss-reactive ketones (excluding diaryl/α,β-unsaturated/α-hetero) is 1. The number of rotatable bonds is 4. The zero-order valence-corrected chi connectivity index (χ0v) is 15.7. The summed E-state index contributed by atoms with van der Waals surface area (Å²) in [5, 5.41) is 11.3. The molecular formula is C22H16ClN3O2. The topological polar surface area (TPSA) is 74.8 Å². The molecule has 5 nitrogen and oxygen atoms in total. The second kappa shape index (κ2) is 7.29. The molecule has 0 bridgehead atoms. The summed E-state index contributed by atoms with van der Waals surface area (Å²) in [6, 6.07) is 20.0. The van der Waals surface area contributed by atoms with E-state index in [0.29, 0.717) is 22.0 Å². The molecule has 0 radical (unpaired) electrons. The lowest BCUT2D eigenvalue weighted by Crippen LogP contribution is -2.12. The van der Waals surface area contributed by atoms with E-state index in [1.807, 2.05) is 42.5 Å². The molecule has 6 heteroatoms. The number of amides is 1. The largest absolute Gasteiger partial charge is 0.305 e. The average Bonchev–Trinajstić information content (AvgIpc) is 3.10. The number of nitrogens with zero attached hydrogens (tertiary/aromatic N) is 1. The molecule has 1 aromatic heterocycles. The molecule has 0 saturated heterocycles. The summed E-state index contributed by atoms with van der Waals surface area (Å²) >= 11 is 5.95. The fraction of sp³-hybridized carbons (Fsp3) is 0.0455. The van der Waals surface area contributed by atoms with Crippen LogP contribution in [0.3, 0.4) is 0 Å². The van der Waals surface area contributed by atoms with Crippen LogP contribution in [-0.2, 0) is 0 Å². The van der Waals surface area contributed by atoms with Crippen molar-refractivity contribution in [3.8, 4) is 11.1 Å². The summed E-state index contributed by atoms with van der Waals surface area (Å²) < 4.78 is 0. The van der Waals surface area contributed by atoms with Gasteiger partial charge in [-0.2, -0.15) is 5.10 Å². The number of halogens is 1. The fourth-order valence-electron chi connectivity index (χ4n) is 3.00. The van der Waals surface area contributed by atoms with E-state index in [1.54, 1.807) is 31.2 Å². The first-order chi connectivity index (χ1) is 13.5. The van der Waals surface area contributed by atoms with Crippen LogP contribution in [0, 0.1) is 0 Å². The smallest absolute Gasteiger partial charge is 0.256 e. The fourth-order valence-corrected chi connectivity index (χ4v) is 3.19. The molecule has 0 fully saturated rings. The van der Waals surface area contributed by atoms with Gasteiger partial charge in [-0.25, -0.2) is 0 Å². The highest BCUT2D eigenvalue weighted by atomic mass is 35.5. The van der Waals surface area contributed by atoms with Gasteiger partial charge in [0.15, 0.2) is 11.6 Å². The number of ketones is 1. The Hall–Kier alpha value is -3.44. The maximum absolute atomic E-state index is 12.4. The zero-order chi connectivity index (χ0) is 19.7. The van der Waals surface area contributed by atoms with Gasteiger partial charge in [-0.1, -0.05) is 48.0 Å². The molecule has 4 aromatic rings. The number of nitrogens with one attached hydrogen (secondary N) is 2. The number of aromatic nitrogens is 2. The summed E-state index contributed by atoms with van der Waals surface area (Å²) in [5.74, 6) is 0.217. The Bertz CT molecular complexity index is 1200. The lowest BCUT2D eigenvalue weighted by molar-refractivity contribution is 0.101. The van der Waals surface area contributed by atoms with Crippen molar-refractivity contribution >= 4 is 40.0 Å². The van der Waals surface area contributed by atoms with Crippen molar-refractivity contribution in [2.45, 2.75) is 6.92 Å². The van der Waals surface area contributed by atoms with E-state index in [4.69, 9.17) is 11.6 Å². The summed E-state index contributed by atoms with van der Waals surface area (Å²) in [7, 11) is 0. The Morgan fingerprint density at radius 2 is 1.68 bits per heavy atom. The van der Waals surface area contributed by atoms with Crippen LogP contribution in [-0.4, -0.2) is 21.9 Å².